The Labute approximate surface area is 83.6 Å². The normalized spacial score (nSPS) is 15.2. The summed E-state index contributed by atoms with van der Waals surface area (Å²) >= 11 is 0. The van der Waals surface area contributed by atoms with E-state index in [1.807, 2.05) is 0 Å². The maximum absolute atomic E-state index is 3.50. The molecule has 0 aromatic carbocycles. The van der Waals surface area contributed by atoms with E-state index in [9.17, 15) is 0 Å². The molecule has 0 heterocycles. The maximum Gasteiger partial charge on any atom is 0.0254 e. The largest absolute Gasteiger partial charge is 0.311 e. The van der Waals surface area contributed by atoms with Crippen molar-refractivity contribution in [3.63, 3.8) is 0 Å². The summed E-state index contributed by atoms with van der Waals surface area (Å²) in [5.74, 6) is 0.819. The highest BCUT2D eigenvalue weighted by molar-refractivity contribution is 5.01. The average molecular weight is 183 g/mol. The molecule has 0 saturated carbocycles. The van der Waals surface area contributed by atoms with Crippen molar-refractivity contribution in [2.45, 2.75) is 53.5 Å². The van der Waals surface area contributed by atoms with E-state index in [4.69, 9.17) is 0 Å². The smallest absolute Gasteiger partial charge is 0.0254 e. The van der Waals surface area contributed by atoms with Gasteiger partial charge in [-0.3, -0.25) is 0 Å². The molecule has 0 radical (unpaired) electrons. The van der Waals surface area contributed by atoms with Crippen LogP contribution in [0.1, 0.15) is 47.5 Å². The molecule has 13 heavy (non-hydrogen) atoms. The lowest BCUT2D eigenvalue weighted by atomic mass is 9.98. The molecule has 1 nitrogen and oxygen atoms in total. The molecular formula is C12H25N. The van der Waals surface area contributed by atoms with Gasteiger partial charge >= 0.3 is 0 Å². The van der Waals surface area contributed by atoms with E-state index in [1.54, 1.807) is 0 Å². The zero-order chi connectivity index (χ0) is 10.3. The van der Waals surface area contributed by atoms with Gasteiger partial charge in [0.05, 0.1) is 0 Å². The summed E-state index contributed by atoms with van der Waals surface area (Å²) in [6.07, 6.45) is 4.88. The van der Waals surface area contributed by atoms with Gasteiger partial charge in [-0.05, 0) is 32.7 Å². The molecular weight excluding hydrogens is 158 g/mol. The molecule has 0 aliphatic heterocycles. The summed E-state index contributed by atoms with van der Waals surface area (Å²) in [7, 11) is 0. The van der Waals surface area contributed by atoms with Crippen LogP contribution in [0.3, 0.4) is 0 Å². The highest BCUT2D eigenvalue weighted by Gasteiger charge is 2.07. The second-order valence-corrected chi connectivity index (χ2v) is 4.16. The summed E-state index contributed by atoms with van der Waals surface area (Å²) < 4.78 is 0. The van der Waals surface area contributed by atoms with Crippen molar-refractivity contribution in [1.29, 1.82) is 0 Å². The van der Waals surface area contributed by atoms with Crippen molar-refractivity contribution in [1.82, 2.24) is 5.32 Å². The van der Waals surface area contributed by atoms with Gasteiger partial charge in [0, 0.05) is 6.04 Å². The number of hydrogen-bond donors (Lipinski definition) is 1. The van der Waals surface area contributed by atoms with Gasteiger partial charge in [-0.25, -0.2) is 0 Å². The maximum atomic E-state index is 3.50. The van der Waals surface area contributed by atoms with Crippen molar-refractivity contribution >= 4 is 0 Å². The molecule has 1 heteroatoms. The third-order valence-corrected chi connectivity index (χ3v) is 2.35. The van der Waals surface area contributed by atoms with Crippen LogP contribution in [0.15, 0.2) is 11.6 Å². The Morgan fingerprint density at radius 2 is 1.92 bits per heavy atom. The Morgan fingerprint density at radius 3 is 2.31 bits per heavy atom. The minimum absolute atomic E-state index is 0.574. The Morgan fingerprint density at radius 1 is 1.31 bits per heavy atom. The van der Waals surface area contributed by atoms with Crippen LogP contribution in [0.2, 0.25) is 0 Å². The first-order valence-electron chi connectivity index (χ1n) is 5.48. The van der Waals surface area contributed by atoms with E-state index in [2.05, 4.69) is 46.0 Å². The summed E-state index contributed by atoms with van der Waals surface area (Å²) in [6, 6.07) is 0.574. The van der Waals surface area contributed by atoms with Gasteiger partial charge in [-0.2, -0.15) is 0 Å². The van der Waals surface area contributed by atoms with Gasteiger partial charge in [-0.1, -0.05) is 38.8 Å². The molecule has 0 amide bonds. The molecule has 0 aromatic heterocycles. The highest BCUT2D eigenvalue weighted by atomic mass is 14.9. The van der Waals surface area contributed by atoms with Crippen LogP contribution < -0.4 is 5.32 Å². The van der Waals surface area contributed by atoms with Crippen LogP contribution in [0.5, 0.6) is 0 Å². The first-order valence-corrected chi connectivity index (χ1v) is 5.48. The molecule has 0 rings (SSSR count). The molecule has 0 aromatic rings. The molecule has 0 saturated heterocycles. The minimum atomic E-state index is 0.574. The van der Waals surface area contributed by atoms with Gasteiger partial charge in [0.15, 0.2) is 0 Å². The zero-order valence-electron chi connectivity index (χ0n) is 9.85. The van der Waals surface area contributed by atoms with Crippen LogP contribution in [0, 0.1) is 5.92 Å². The lowest BCUT2D eigenvalue weighted by molar-refractivity contribution is 0.442. The Kier molecular flexibility index (Phi) is 6.97. The first-order chi connectivity index (χ1) is 6.10. The highest BCUT2D eigenvalue weighted by Crippen LogP contribution is 2.11. The zero-order valence-corrected chi connectivity index (χ0v) is 9.85. The number of likely N-dealkylation sites (N-methyl/N-ethyl adjacent to an activating group) is 1. The quantitative estimate of drug-likeness (QED) is 0.623. The van der Waals surface area contributed by atoms with Crippen LogP contribution in [-0.2, 0) is 0 Å². The van der Waals surface area contributed by atoms with Gasteiger partial charge < -0.3 is 5.32 Å². The van der Waals surface area contributed by atoms with Gasteiger partial charge in [0.25, 0.3) is 0 Å². The third-order valence-electron chi connectivity index (χ3n) is 2.35. The van der Waals surface area contributed by atoms with Crippen molar-refractivity contribution in [2.24, 2.45) is 5.92 Å². The summed E-state index contributed by atoms with van der Waals surface area (Å²) in [6.45, 7) is 12.1. The molecule has 0 fully saturated rings. The van der Waals surface area contributed by atoms with E-state index >= 15 is 0 Å². The van der Waals surface area contributed by atoms with E-state index in [0.717, 1.165) is 12.5 Å². The van der Waals surface area contributed by atoms with Gasteiger partial charge in [0.1, 0.15) is 0 Å². The fourth-order valence-corrected chi connectivity index (χ4v) is 1.48. The monoisotopic (exact) mass is 183 g/mol. The Hall–Kier alpha value is -0.300. The third kappa shape index (κ3) is 6.83. The molecule has 0 aliphatic carbocycles. The second kappa shape index (κ2) is 7.14. The van der Waals surface area contributed by atoms with E-state index in [1.165, 1.54) is 18.4 Å². The topological polar surface area (TPSA) is 12.0 Å². The fraction of sp³-hybridized carbons (Fsp3) is 0.833. The van der Waals surface area contributed by atoms with E-state index < -0.39 is 0 Å². The molecule has 2 atom stereocenters. The molecule has 0 spiro atoms. The summed E-state index contributed by atoms with van der Waals surface area (Å²) in [5.41, 5.74) is 1.41. The SMILES string of the molecule is CCNC(C=C(C)C)CC(C)CC. The summed E-state index contributed by atoms with van der Waals surface area (Å²) in [4.78, 5) is 0. The van der Waals surface area contributed by atoms with E-state index in [0.29, 0.717) is 6.04 Å². The van der Waals surface area contributed by atoms with Crippen molar-refractivity contribution in [3.8, 4) is 0 Å². The van der Waals surface area contributed by atoms with Crippen LogP contribution in [-0.4, -0.2) is 12.6 Å². The lowest BCUT2D eigenvalue weighted by Crippen LogP contribution is -2.28. The number of allylic oxidation sites excluding steroid dienone is 1. The standard InChI is InChI=1S/C12H25N/c1-6-11(5)9-12(13-7-2)8-10(3)4/h8,11-13H,6-7,9H2,1-5H3. The van der Waals surface area contributed by atoms with Gasteiger partial charge in [0.2, 0.25) is 0 Å². The molecule has 78 valence electrons. The van der Waals surface area contributed by atoms with Crippen LogP contribution >= 0.6 is 0 Å². The predicted molar refractivity (Wildman–Crippen MR) is 61.0 cm³/mol. The number of rotatable bonds is 6. The van der Waals surface area contributed by atoms with Crippen molar-refractivity contribution < 1.29 is 0 Å². The number of hydrogen-bond acceptors (Lipinski definition) is 1. The fourth-order valence-electron chi connectivity index (χ4n) is 1.48. The molecule has 0 aliphatic rings. The lowest BCUT2D eigenvalue weighted by Gasteiger charge is -2.18. The second-order valence-electron chi connectivity index (χ2n) is 4.16. The van der Waals surface area contributed by atoms with Crippen molar-refractivity contribution in [3.05, 3.63) is 11.6 Å². The average Bonchev–Trinajstić information content (AvgIpc) is 2.03. The van der Waals surface area contributed by atoms with E-state index in [-0.39, 0.29) is 0 Å². The van der Waals surface area contributed by atoms with Crippen molar-refractivity contribution in [2.75, 3.05) is 6.54 Å². The molecule has 2 unspecified atom stereocenters. The van der Waals surface area contributed by atoms with Crippen LogP contribution in [0.25, 0.3) is 0 Å². The molecule has 1 N–H and O–H groups in total. The van der Waals surface area contributed by atoms with Gasteiger partial charge in [-0.15, -0.1) is 0 Å². The number of nitrogens with one attached hydrogen (secondary N) is 1. The van der Waals surface area contributed by atoms with Crippen LogP contribution in [0.4, 0.5) is 0 Å². The summed E-state index contributed by atoms with van der Waals surface area (Å²) in [5, 5.41) is 3.50. The minimum Gasteiger partial charge on any atom is -0.311 e. The predicted octanol–water partition coefficient (Wildman–Crippen LogP) is 3.37. The Bertz CT molecular complexity index is 145. The molecule has 0 bridgehead atoms. The Balaban J connectivity index is 4.01. The first kappa shape index (κ1) is 12.7.